The molecule has 2 fully saturated rings. The fraction of sp³-hybridized carbons (Fsp3) is 0.513. The first-order valence-electron chi connectivity index (χ1n) is 18.5. The molecule has 298 valence electrons. The summed E-state index contributed by atoms with van der Waals surface area (Å²) in [5, 5.41) is 9.09. The molecule has 5 aromatic rings. The largest absolute Gasteiger partial charge is 0.478 e. The predicted molar refractivity (Wildman–Crippen MR) is 211 cm³/mol. The van der Waals surface area contributed by atoms with Crippen LogP contribution < -0.4 is 0 Å². The second-order valence-corrected chi connectivity index (χ2v) is 20.9. The Kier molecular flexibility index (Phi) is 11.6. The van der Waals surface area contributed by atoms with Gasteiger partial charge >= 0.3 is 5.97 Å². The zero-order valence-electron chi connectivity index (χ0n) is 32.2. The Balaban J connectivity index is 0.000000193. The average molecular weight is 816 g/mol. The van der Waals surface area contributed by atoms with Crippen molar-refractivity contribution in [3.63, 3.8) is 0 Å². The molecular weight excluding hydrogens is 766 g/mol. The number of hydrogen-bond donors (Lipinski definition) is 1. The smallest absolute Gasteiger partial charge is 0.337 e. The van der Waals surface area contributed by atoms with Crippen LogP contribution in [-0.2, 0) is 52.5 Å². The maximum atomic E-state index is 13.0. The molecule has 0 atom stereocenters. The van der Waals surface area contributed by atoms with Crippen molar-refractivity contribution in [2.24, 2.45) is 11.8 Å². The minimum absolute atomic E-state index is 0.0729. The van der Waals surface area contributed by atoms with Gasteiger partial charge in [0.2, 0.25) is 0 Å². The molecule has 13 nitrogen and oxygen atoms in total. The van der Waals surface area contributed by atoms with Crippen LogP contribution in [0.15, 0.2) is 64.6 Å². The number of nitrogens with zero attached hydrogens (tertiary/aromatic N) is 5. The first-order valence-corrected chi connectivity index (χ1v) is 22.3. The average Bonchev–Trinajstić information content (AvgIpc) is 3.86. The van der Waals surface area contributed by atoms with Gasteiger partial charge in [0, 0.05) is 73.4 Å². The first-order chi connectivity index (χ1) is 25.7. The van der Waals surface area contributed by atoms with Crippen molar-refractivity contribution >= 4 is 57.8 Å². The second kappa shape index (κ2) is 15.6. The molecule has 0 amide bonds. The van der Waals surface area contributed by atoms with Gasteiger partial charge in [-0.25, -0.2) is 35.6 Å². The van der Waals surface area contributed by atoms with Gasteiger partial charge in [-0.3, -0.25) is 0 Å². The van der Waals surface area contributed by atoms with Crippen LogP contribution in [0.4, 0.5) is 0 Å². The van der Waals surface area contributed by atoms with Gasteiger partial charge in [0.15, 0.2) is 0 Å². The monoisotopic (exact) mass is 815 g/mol. The molecule has 2 aliphatic rings. The molecule has 0 aliphatic carbocycles. The number of benzene rings is 2. The van der Waals surface area contributed by atoms with Crippen LogP contribution >= 0.6 is 10.7 Å². The van der Waals surface area contributed by atoms with E-state index in [0.717, 1.165) is 98.1 Å². The highest BCUT2D eigenvalue weighted by Crippen LogP contribution is 2.33. The van der Waals surface area contributed by atoms with E-state index in [0.29, 0.717) is 22.9 Å². The lowest BCUT2D eigenvalue weighted by Crippen LogP contribution is -2.25. The zero-order valence-corrected chi connectivity index (χ0v) is 34.5. The van der Waals surface area contributed by atoms with E-state index in [1.54, 1.807) is 30.3 Å². The Bertz CT molecular complexity index is 2410. The highest BCUT2D eigenvalue weighted by atomic mass is 35.7. The van der Waals surface area contributed by atoms with Crippen LogP contribution in [-0.4, -0.2) is 77.4 Å². The van der Waals surface area contributed by atoms with Crippen LogP contribution in [0.1, 0.15) is 89.2 Å². The van der Waals surface area contributed by atoms with Crippen LogP contribution in [0.5, 0.6) is 0 Å². The highest BCUT2D eigenvalue weighted by molar-refractivity contribution is 8.13. The van der Waals surface area contributed by atoms with Crippen LogP contribution in [0.2, 0.25) is 0 Å². The summed E-state index contributed by atoms with van der Waals surface area (Å²) in [6.07, 6.45) is 6.42. The van der Waals surface area contributed by atoms with E-state index >= 15 is 0 Å². The summed E-state index contributed by atoms with van der Waals surface area (Å²) in [7, 11) is -2.20. The number of fused-ring (bicyclic) bond motifs is 2. The van der Waals surface area contributed by atoms with E-state index in [-0.39, 0.29) is 26.2 Å². The third-order valence-electron chi connectivity index (χ3n) is 10.1. The SMILES string of the molecule is CC(C)(C)c1nc2cc(S(=O)(=O)Cl)ccc2n1CC1CCOCC1.CC(C)(C)c1nc2cc(S(=O)(=O)n3ccc(C(=O)O)c3)ccc2n1CC1CCOCC1. The maximum absolute atomic E-state index is 13.0. The van der Waals surface area contributed by atoms with Crippen LogP contribution in [0.3, 0.4) is 0 Å². The number of rotatable bonds is 8. The Morgan fingerprint density at radius 1 is 0.745 bits per heavy atom. The van der Waals surface area contributed by atoms with Crippen molar-refractivity contribution in [2.75, 3.05) is 26.4 Å². The summed E-state index contributed by atoms with van der Waals surface area (Å²) in [5.74, 6) is 1.75. The predicted octanol–water partition coefficient (Wildman–Crippen LogP) is 7.19. The van der Waals surface area contributed by atoms with Gasteiger partial charge in [0.05, 0.1) is 37.4 Å². The Labute approximate surface area is 327 Å². The summed E-state index contributed by atoms with van der Waals surface area (Å²) in [4.78, 5) is 20.8. The van der Waals surface area contributed by atoms with E-state index in [2.05, 4.69) is 50.7 Å². The number of aromatic nitrogens is 5. The van der Waals surface area contributed by atoms with Crippen molar-refractivity contribution in [1.29, 1.82) is 0 Å². The quantitative estimate of drug-likeness (QED) is 0.159. The number of imidazole rings is 2. The van der Waals surface area contributed by atoms with Crippen molar-refractivity contribution in [1.82, 2.24) is 23.1 Å². The summed E-state index contributed by atoms with van der Waals surface area (Å²) < 4.78 is 65.6. The normalized spacial score (nSPS) is 16.7. The molecule has 2 saturated heterocycles. The van der Waals surface area contributed by atoms with Crippen molar-refractivity contribution in [3.05, 3.63) is 72.1 Å². The summed E-state index contributed by atoms with van der Waals surface area (Å²) >= 11 is 0. The number of carboxylic acid groups (broad SMARTS) is 1. The van der Waals surface area contributed by atoms with Gasteiger partial charge in [0.1, 0.15) is 11.6 Å². The fourth-order valence-corrected chi connectivity index (χ4v) is 9.18. The number of halogens is 1. The molecule has 0 bridgehead atoms. The van der Waals surface area contributed by atoms with Crippen molar-refractivity contribution in [2.45, 2.75) is 101 Å². The molecule has 1 N–H and O–H groups in total. The molecule has 5 heterocycles. The lowest BCUT2D eigenvalue weighted by molar-refractivity contribution is 0.0610. The van der Waals surface area contributed by atoms with Gasteiger partial charge in [-0.1, -0.05) is 41.5 Å². The Morgan fingerprint density at radius 2 is 1.18 bits per heavy atom. The van der Waals surface area contributed by atoms with E-state index < -0.39 is 25.0 Å². The number of carboxylic acids is 1. The molecule has 55 heavy (non-hydrogen) atoms. The molecular formula is C39H50ClN5O8S2. The van der Waals surface area contributed by atoms with Gasteiger partial charge < -0.3 is 23.7 Å². The topological polar surface area (TPSA) is 165 Å². The van der Waals surface area contributed by atoms with Crippen molar-refractivity contribution < 1.29 is 36.2 Å². The molecule has 2 aliphatic heterocycles. The molecule has 2 aromatic carbocycles. The molecule has 16 heteroatoms. The number of hydrogen-bond acceptors (Lipinski definition) is 9. The molecule has 0 radical (unpaired) electrons. The summed E-state index contributed by atoms with van der Waals surface area (Å²) in [5.41, 5.74) is 2.71. The molecule has 3 aromatic heterocycles. The van der Waals surface area contributed by atoms with E-state index in [1.165, 1.54) is 12.3 Å². The van der Waals surface area contributed by atoms with E-state index in [1.807, 2.05) is 6.07 Å². The summed E-state index contributed by atoms with van der Waals surface area (Å²) in [6.45, 7) is 17.5. The lowest BCUT2D eigenvalue weighted by Gasteiger charge is -2.26. The molecule has 7 rings (SSSR count). The van der Waals surface area contributed by atoms with Crippen molar-refractivity contribution in [3.8, 4) is 0 Å². The van der Waals surface area contributed by atoms with Crippen LogP contribution in [0.25, 0.3) is 22.1 Å². The van der Waals surface area contributed by atoms with E-state index in [9.17, 15) is 21.6 Å². The highest BCUT2D eigenvalue weighted by Gasteiger charge is 2.28. The maximum Gasteiger partial charge on any atom is 0.337 e. The number of aromatic carboxylic acids is 1. The molecule has 0 saturated carbocycles. The fourth-order valence-electron chi connectivity index (χ4n) is 7.20. The Hall–Kier alpha value is -3.76. The third kappa shape index (κ3) is 9.12. The molecule has 0 spiro atoms. The van der Waals surface area contributed by atoms with E-state index in [4.69, 9.17) is 35.2 Å². The second-order valence-electron chi connectivity index (χ2n) is 16.5. The number of ether oxygens (including phenoxy) is 2. The zero-order chi connectivity index (χ0) is 39.9. The van der Waals surface area contributed by atoms with Gasteiger partial charge in [-0.15, -0.1) is 0 Å². The van der Waals surface area contributed by atoms with Gasteiger partial charge in [-0.05, 0) is 80.0 Å². The summed E-state index contributed by atoms with van der Waals surface area (Å²) in [6, 6.07) is 11.1. The lowest BCUT2D eigenvalue weighted by atomic mass is 9.94. The van der Waals surface area contributed by atoms with Crippen LogP contribution in [0, 0.1) is 11.8 Å². The van der Waals surface area contributed by atoms with Gasteiger partial charge in [0.25, 0.3) is 19.1 Å². The third-order valence-corrected chi connectivity index (χ3v) is 13.1. The molecule has 0 unspecified atom stereocenters. The minimum atomic E-state index is -3.92. The first kappa shape index (κ1) is 40.9. The number of carbonyl (C=O) groups is 1. The standard InChI is InChI=1S/C22H27N3O5S.C17H23ClN2O3S/c1-22(2,3)21-23-18-12-17(31(28,29)24-9-6-16(14-24)20(26)27)4-5-19(18)25(21)13-15-7-10-30-11-8-15;1-17(2,3)16-19-14-10-13(24(18,21)22)4-5-15(14)20(16)11-12-6-8-23-9-7-12/h4-6,9,12,14-15H,7-8,10-11,13H2,1-3H3,(H,26,27);4-5,10,12H,6-9,11H2,1-3H3. The Morgan fingerprint density at radius 3 is 1.58 bits per heavy atom. The van der Waals surface area contributed by atoms with Gasteiger partial charge in [-0.2, -0.15) is 0 Å². The minimum Gasteiger partial charge on any atom is -0.478 e.